The Balaban J connectivity index is 1.93. The Labute approximate surface area is 87.8 Å². The van der Waals surface area contributed by atoms with E-state index in [9.17, 15) is 0 Å². The number of hydrogen-bond acceptors (Lipinski definition) is 3. The van der Waals surface area contributed by atoms with E-state index in [0.29, 0.717) is 6.10 Å². The lowest BCUT2D eigenvalue weighted by Gasteiger charge is -2.19. The molecule has 1 saturated heterocycles. The van der Waals surface area contributed by atoms with Crippen LogP contribution in [-0.4, -0.2) is 50.3 Å². The minimum Gasteiger partial charge on any atom is -0.377 e. The van der Waals surface area contributed by atoms with Crippen LogP contribution in [0.5, 0.6) is 0 Å². The summed E-state index contributed by atoms with van der Waals surface area (Å²) < 4.78 is 5.46. The summed E-state index contributed by atoms with van der Waals surface area (Å²) in [4.78, 5) is 2.44. The Morgan fingerprint density at radius 1 is 1.50 bits per heavy atom. The first-order valence-corrected chi connectivity index (χ1v) is 5.72. The molecule has 0 amide bonds. The zero-order valence-electron chi connectivity index (χ0n) is 9.75. The van der Waals surface area contributed by atoms with Gasteiger partial charge >= 0.3 is 0 Å². The summed E-state index contributed by atoms with van der Waals surface area (Å²) >= 11 is 0. The molecule has 3 nitrogen and oxygen atoms in total. The molecule has 0 aliphatic carbocycles. The minimum absolute atomic E-state index is 0.353. The van der Waals surface area contributed by atoms with Gasteiger partial charge in [0.05, 0.1) is 12.7 Å². The van der Waals surface area contributed by atoms with Gasteiger partial charge in [0.15, 0.2) is 0 Å². The summed E-state index contributed by atoms with van der Waals surface area (Å²) in [7, 11) is 2.21. The van der Waals surface area contributed by atoms with Crippen LogP contribution in [0.3, 0.4) is 0 Å². The number of rotatable bonds is 6. The highest BCUT2D eigenvalue weighted by molar-refractivity contribution is 4.77. The monoisotopic (exact) mass is 200 g/mol. The van der Waals surface area contributed by atoms with Gasteiger partial charge in [-0.15, -0.1) is 0 Å². The van der Waals surface area contributed by atoms with E-state index in [4.69, 9.17) is 4.74 Å². The van der Waals surface area contributed by atoms with Crippen LogP contribution in [0.1, 0.15) is 26.7 Å². The molecular weight excluding hydrogens is 176 g/mol. The maximum absolute atomic E-state index is 5.46. The molecule has 0 spiro atoms. The van der Waals surface area contributed by atoms with Crippen LogP contribution in [0.4, 0.5) is 0 Å². The molecule has 0 aromatic carbocycles. The summed E-state index contributed by atoms with van der Waals surface area (Å²) in [5.74, 6) is 0. The van der Waals surface area contributed by atoms with Crippen LogP contribution in [0.15, 0.2) is 0 Å². The van der Waals surface area contributed by atoms with Gasteiger partial charge in [0.25, 0.3) is 0 Å². The quantitative estimate of drug-likeness (QED) is 0.650. The van der Waals surface area contributed by atoms with Crippen LogP contribution in [-0.2, 0) is 4.74 Å². The first-order valence-electron chi connectivity index (χ1n) is 5.72. The van der Waals surface area contributed by atoms with E-state index in [1.54, 1.807) is 0 Å². The standard InChI is InChI=1S/C11H24N2O/c1-10(2)14-8-6-12-9-11-5-4-7-13(11)3/h10-12H,4-9H2,1-3H3. The number of hydrogen-bond donors (Lipinski definition) is 1. The molecule has 1 unspecified atom stereocenters. The zero-order valence-corrected chi connectivity index (χ0v) is 9.75. The van der Waals surface area contributed by atoms with E-state index < -0.39 is 0 Å². The lowest BCUT2D eigenvalue weighted by molar-refractivity contribution is 0.0801. The summed E-state index contributed by atoms with van der Waals surface area (Å²) in [6, 6.07) is 0.744. The average molecular weight is 200 g/mol. The summed E-state index contributed by atoms with van der Waals surface area (Å²) in [6.07, 6.45) is 3.05. The fourth-order valence-corrected chi connectivity index (χ4v) is 1.87. The van der Waals surface area contributed by atoms with Crippen molar-refractivity contribution in [1.82, 2.24) is 10.2 Å². The molecule has 3 heteroatoms. The Morgan fingerprint density at radius 2 is 2.29 bits per heavy atom. The summed E-state index contributed by atoms with van der Waals surface area (Å²) in [6.45, 7) is 8.32. The second kappa shape index (κ2) is 6.38. The Hall–Kier alpha value is -0.120. The van der Waals surface area contributed by atoms with Crippen molar-refractivity contribution in [3.63, 3.8) is 0 Å². The molecular formula is C11H24N2O. The Kier molecular flexibility index (Phi) is 5.45. The van der Waals surface area contributed by atoms with Crippen molar-refractivity contribution in [2.75, 3.05) is 33.3 Å². The number of ether oxygens (including phenoxy) is 1. The van der Waals surface area contributed by atoms with Gasteiger partial charge in [-0.2, -0.15) is 0 Å². The molecule has 0 bridgehead atoms. The molecule has 0 radical (unpaired) electrons. The molecule has 1 fully saturated rings. The van der Waals surface area contributed by atoms with E-state index in [1.165, 1.54) is 19.4 Å². The van der Waals surface area contributed by atoms with Crippen LogP contribution in [0.25, 0.3) is 0 Å². The Morgan fingerprint density at radius 3 is 2.86 bits per heavy atom. The second-order valence-corrected chi connectivity index (χ2v) is 4.40. The third-order valence-electron chi connectivity index (χ3n) is 2.78. The van der Waals surface area contributed by atoms with Gasteiger partial charge in [-0.25, -0.2) is 0 Å². The summed E-state index contributed by atoms with van der Waals surface area (Å²) in [5.41, 5.74) is 0. The lowest BCUT2D eigenvalue weighted by atomic mass is 10.2. The molecule has 0 aromatic rings. The van der Waals surface area contributed by atoms with Gasteiger partial charge in [0, 0.05) is 19.1 Å². The van der Waals surface area contributed by atoms with E-state index in [1.807, 2.05) is 0 Å². The summed E-state index contributed by atoms with van der Waals surface area (Å²) in [5, 5.41) is 3.45. The van der Waals surface area contributed by atoms with Gasteiger partial charge in [-0.3, -0.25) is 0 Å². The zero-order chi connectivity index (χ0) is 10.4. The van der Waals surface area contributed by atoms with Gasteiger partial charge < -0.3 is 15.0 Å². The highest BCUT2D eigenvalue weighted by Crippen LogP contribution is 2.13. The normalized spacial score (nSPS) is 23.6. The molecule has 1 rings (SSSR count). The second-order valence-electron chi connectivity index (χ2n) is 4.40. The van der Waals surface area contributed by atoms with Gasteiger partial charge in [-0.1, -0.05) is 0 Å². The van der Waals surface area contributed by atoms with Crippen molar-refractivity contribution in [3.05, 3.63) is 0 Å². The molecule has 1 aliphatic rings. The highest BCUT2D eigenvalue weighted by Gasteiger charge is 2.19. The first kappa shape index (κ1) is 12.0. The first-order chi connectivity index (χ1) is 6.70. The van der Waals surface area contributed by atoms with E-state index in [0.717, 1.165) is 25.7 Å². The molecule has 84 valence electrons. The van der Waals surface area contributed by atoms with Crippen LogP contribution in [0, 0.1) is 0 Å². The van der Waals surface area contributed by atoms with Crippen LogP contribution >= 0.6 is 0 Å². The topological polar surface area (TPSA) is 24.5 Å². The van der Waals surface area contributed by atoms with Gasteiger partial charge in [0.2, 0.25) is 0 Å². The molecule has 14 heavy (non-hydrogen) atoms. The van der Waals surface area contributed by atoms with Crippen molar-refractivity contribution < 1.29 is 4.74 Å². The lowest BCUT2D eigenvalue weighted by Crippen LogP contribution is -2.36. The van der Waals surface area contributed by atoms with Gasteiger partial charge in [0.1, 0.15) is 0 Å². The fraction of sp³-hybridized carbons (Fsp3) is 1.00. The average Bonchev–Trinajstić information content (AvgIpc) is 2.51. The smallest absolute Gasteiger partial charge is 0.0594 e. The third kappa shape index (κ3) is 4.40. The van der Waals surface area contributed by atoms with Crippen molar-refractivity contribution >= 4 is 0 Å². The molecule has 0 aromatic heterocycles. The number of likely N-dealkylation sites (N-methyl/N-ethyl adjacent to an activating group) is 1. The predicted octanol–water partition coefficient (Wildman–Crippen LogP) is 1.10. The predicted molar refractivity (Wildman–Crippen MR) is 59.6 cm³/mol. The van der Waals surface area contributed by atoms with Crippen molar-refractivity contribution in [1.29, 1.82) is 0 Å². The van der Waals surface area contributed by atoms with Crippen molar-refractivity contribution in [2.45, 2.75) is 38.8 Å². The molecule has 1 atom stereocenters. The van der Waals surface area contributed by atoms with Gasteiger partial charge in [-0.05, 0) is 40.3 Å². The van der Waals surface area contributed by atoms with Crippen molar-refractivity contribution in [3.8, 4) is 0 Å². The molecule has 1 aliphatic heterocycles. The van der Waals surface area contributed by atoms with E-state index >= 15 is 0 Å². The fourth-order valence-electron chi connectivity index (χ4n) is 1.87. The van der Waals surface area contributed by atoms with Crippen LogP contribution in [0.2, 0.25) is 0 Å². The number of nitrogens with one attached hydrogen (secondary N) is 1. The SMILES string of the molecule is CC(C)OCCNCC1CCCN1C. The van der Waals surface area contributed by atoms with E-state index in [-0.39, 0.29) is 0 Å². The maximum Gasteiger partial charge on any atom is 0.0594 e. The Bertz CT molecular complexity index is 150. The van der Waals surface area contributed by atoms with Crippen LogP contribution < -0.4 is 5.32 Å². The third-order valence-corrected chi connectivity index (χ3v) is 2.78. The molecule has 0 saturated carbocycles. The van der Waals surface area contributed by atoms with Crippen molar-refractivity contribution in [2.24, 2.45) is 0 Å². The molecule has 1 N–H and O–H groups in total. The maximum atomic E-state index is 5.46. The largest absolute Gasteiger partial charge is 0.377 e. The van der Waals surface area contributed by atoms with E-state index in [2.05, 4.69) is 31.1 Å². The number of nitrogens with zero attached hydrogens (tertiary/aromatic N) is 1. The molecule has 1 heterocycles. The number of likely N-dealkylation sites (tertiary alicyclic amines) is 1. The minimum atomic E-state index is 0.353. The highest BCUT2D eigenvalue weighted by atomic mass is 16.5.